The van der Waals surface area contributed by atoms with Crippen molar-refractivity contribution in [2.75, 3.05) is 17.7 Å². The van der Waals surface area contributed by atoms with Crippen LogP contribution >= 0.6 is 11.8 Å². The van der Waals surface area contributed by atoms with Crippen molar-refractivity contribution in [3.63, 3.8) is 0 Å². The van der Waals surface area contributed by atoms with E-state index in [9.17, 15) is 9.59 Å². The van der Waals surface area contributed by atoms with Gasteiger partial charge in [-0.3, -0.25) is 9.59 Å². The summed E-state index contributed by atoms with van der Waals surface area (Å²) in [5.41, 5.74) is 2.27. The molecule has 7 nitrogen and oxygen atoms in total. The molecule has 1 heterocycles. The highest BCUT2D eigenvalue weighted by Gasteiger charge is 2.18. The molecule has 27 heavy (non-hydrogen) atoms. The number of nitrogens with one attached hydrogen (secondary N) is 1. The van der Waals surface area contributed by atoms with Crippen molar-refractivity contribution in [1.82, 2.24) is 9.97 Å². The molecule has 8 heteroatoms. The number of esters is 1. The monoisotopic (exact) mass is 389 g/mol. The number of hydrogen-bond donors (Lipinski definition) is 1. The second-order valence-electron chi connectivity index (χ2n) is 5.80. The molecule has 1 atom stereocenters. The lowest BCUT2D eigenvalue weighted by Crippen LogP contribution is -2.30. The lowest BCUT2D eigenvalue weighted by molar-refractivity contribution is -0.150. The molecule has 0 bridgehead atoms. The van der Waals surface area contributed by atoms with Gasteiger partial charge in [-0.15, -0.1) is 0 Å². The summed E-state index contributed by atoms with van der Waals surface area (Å²) >= 11 is 1.18. The maximum Gasteiger partial charge on any atom is 0.317 e. The molecule has 2 aromatic rings. The third-order valence-electron chi connectivity index (χ3n) is 3.39. The fourth-order valence-electron chi connectivity index (χ4n) is 2.21. The Labute approximate surface area is 162 Å². The first kappa shape index (κ1) is 20.7. The summed E-state index contributed by atoms with van der Waals surface area (Å²) in [6, 6.07) is 8.83. The number of thioether (sulfide) groups is 1. The molecule has 0 unspecified atom stereocenters. The van der Waals surface area contributed by atoms with Crippen molar-refractivity contribution < 1.29 is 19.1 Å². The average molecular weight is 389 g/mol. The Kier molecular flexibility index (Phi) is 7.60. The maximum atomic E-state index is 12.2. The molecule has 0 saturated carbocycles. The molecule has 0 fully saturated rings. The molecule has 0 aliphatic rings. The number of aromatic nitrogens is 2. The van der Waals surface area contributed by atoms with Gasteiger partial charge in [-0.25, -0.2) is 9.97 Å². The lowest BCUT2D eigenvalue weighted by atomic mass is 10.3. The van der Waals surface area contributed by atoms with Gasteiger partial charge in [0.2, 0.25) is 0 Å². The van der Waals surface area contributed by atoms with Crippen molar-refractivity contribution in [3.8, 4) is 5.75 Å². The van der Waals surface area contributed by atoms with E-state index in [2.05, 4.69) is 15.3 Å². The second kappa shape index (κ2) is 9.91. The number of carbonyl (C=O) groups is 2. The minimum Gasteiger partial charge on any atom is -0.494 e. The molecular formula is C19H23N3O4S. The zero-order valence-electron chi connectivity index (χ0n) is 15.8. The SMILES string of the molecule is CCOc1ccc(NC(=O)[C@H](C)OC(=O)CSc2nc(C)cc(C)n2)cc1. The number of ether oxygens (including phenoxy) is 2. The van der Waals surface area contributed by atoms with Crippen LogP contribution in [0.3, 0.4) is 0 Å². The van der Waals surface area contributed by atoms with Crippen molar-refractivity contribution in [2.24, 2.45) is 0 Å². The summed E-state index contributed by atoms with van der Waals surface area (Å²) in [5, 5.41) is 3.21. The Bertz CT molecular complexity index is 776. The van der Waals surface area contributed by atoms with Crippen molar-refractivity contribution >= 4 is 29.3 Å². The van der Waals surface area contributed by atoms with Crippen LogP contribution in [0.15, 0.2) is 35.5 Å². The Morgan fingerprint density at radius 3 is 2.37 bits per heavy atom. The van der Waals surface area contributed by atoms with E-state index in [1.54, 1.807) is 24.3 Å². The predicted octanol–water partition coefficient (Wildman–Crippen LogP) is 3.15. The van der Waals surface area contributed by atoms with Gasteiger partial charge >= 0.3 is 5.97 Å². The summed E-state index contributed by atoms with van der Waals surface area (Å²) in [5.74, 6) is -0.151. The molecule has 0 spiro atoms. The van der Waals surface area contributed by atoms with Crippen LogP contribution in [-0.4, -0.2) is 40.3 Å². The van der Waals surface area contributed by atoms with Crippen LogP contribution < -0.4 is 10.1 Å². The summed E-state index contributed by atoms with van der Waals surface area (Å²) in [6.45, 7) is 7.73. The third kappa shape index (κ3) is 6.90. The van der Waals surface area contributed by atoms with E-state index >= 15 is 0 Å². The minimum atomic E-state index is -0.912. The van der Waals surface area contributed by atoms with Crippen molar-refractivity contribution in [3.05, 3.63) is 41.7 Å². The number of amides is 1. The fourth-order valence-corrected chi connectivity index (χ4v) is 2.94. The molecule has 2 rings (SSSR count). The Morgan fingerprint density at radius 1 is 1.15 bits per heavy atom. The first-order valence-corrected chi connectivity index (χ1v) is 9.54. The summed E-state index contributed by atoms with van der Waals surface area (Å²) in [4.78, 5) is 32.6. The highest BCUT2D eigenvalue weighted by atomic mass is 32.2. The zero-order chi connectivity index (χ0) is 19.8. The normalized spacial score (nSPS) is 11.6. The Hall–Kier alpha value is -2.61. The van der Waals surface area contributed by atoms with Gasteiger partial charge in [-0.1, -0.05) is 11.8 Å². The van der Waals surface area contributed by atoms with Crippen LogP contribution in [0.25, 0.3) is 0 Å². The Balaban J connectivity index is 1.81. The summed E-state index contributed by atoms with van der Waals surface area (Å²) < 4.78 is 10.5. The van der Waals surface area contributed by atoms with Crippen LogP contribution in [0, 0.1) is 13.8 Å². The van der Waals surface area contributed by atoms with Crippen LogP contribution in [0.2, 0.25) is 0 Å². The number of rotatable bonds is 8. The molecule has 1 N–H and O–H groups in total. The second-order valence-corrected chi connectivity index (χ2v) is 6.74. The van der Waals surface area contributed by atoms with Gasteiger partial charge in [0.25, 0.3) is 5.91 Å². The van der Waals surface area contributed by atoms with E-state index in [0.29, 0.717) is 17.5 Å². The first-order chi connectivity index (χ1) is 12.9. The van der Waals surface area contributed by atoms with Crippen LogP contribution in [0.1, 0.15) is 25.2 Å². The fraction of sp³-hybridized carbons (Fsp3) is 0.368. The van der Waals surface area contributed by atoms with E-state index in [0.717, 1.165) is 17.1 Å². The van der Waals surface area contributed by atoms with E-state index in [4.69, 9.17) is 9.47 Å². The van der Waals surface area contributed by atoms with Crippen LogP contribution in [0.5, 0.6) is 5.75 Å². The van der Waals surface area contributed by atoms with Gasteiger partial charge in [0.1, 0.15) is 5.75 Å². The number of aryl methyl sites for hydroxylation is 2. The molecular weight excluding hydrogens is 366 g/mol. The van der Waals surface area contributed by atoms with Crippen LogP contribution in [-0.2, 0) is 14.3 Å². The maximum absolute atomic E-state index is 12.2. The van der Waals surface area contributed by atoms with Gasteiger partial charge in [0.05, 0.1) is 12.4 Å². The van der Waals surface area contributed by atoms with Crippen LogP contribution in [0.4, 0.5) is 5.69 Å². The molecule has 0 saturated heterocycles. The molecule has 0 radical (unpaired) electrons. The van der Waals surface area contributed by atoms with E-state index in [1.807, 2.05) is 26.8 Å². The highest BCUT2D eigenvalue weighted by Crippen LogP contribution is 2.17. The number of carbonyl (C=O) groups excluding carboxylic acids is 2. The number of anilines is 1. The highest BCUT2D eigenvalue weighted by molar-refractivity contribution is 7.99. The molecule has 0 aliphatic heterocycles. The number of benzene rings is 1. The molecule has 144 valence electrons. The standard InChI is InChI=1S/C19H23N3O4S/c1-5-25-16-8-6-15(7-9-16)22-18(24)14(4)26-17(23)11-27-19-20-12(2)10-13(3)21-19/h6-10,14H,5,11H2,1-4H3,(H,22,24)/t14-/m0/s1. The van der Waals surface area contributed by atoms with Gasteiger partial charge in [-0.2, -0.15) is 0 Å². The number of nitrogens with zero attached hydrogens (tertiary/aromatic N) is 2. The van der Waals surface area contributed by atoms with E-state index < -0.39 is 18.0 Å². The van der Waals surface area contributed by atoms with Gasteiger partial charge in [-0.05, 0) is 58.0 Å². The van der Waals surface area contributed by atoms with Crippen molar-refractivity contribution in [2.45, 2.75) is 39.0 Å². The van der Waals surface area contributed by atoms with Gasteiger partial charge < -0.3 is 14.8 Å². The number of hydrogen-bond acceptors (Lipinski definition) is 7. The summed E-state index contributed by atoms with van der Waals surface area (Å²) in [6.07, 6.45) is -0.912. The first-order valence-electron chi connectivity index (χ1n) is 8.55. The lowest BCUT2D eigenvalue weighted by Gasteiger charge is -2.13. The topological polar surface area (TPSA) is 90.4 Å². The zero-order valence-corrected chi connectivity index (χ0v) is 16.6. The van der Waals surface area contributed by atoms with Gasteiger partial charge in [0.15, 0.2) is 11.3 Å². The third-order valence-corrected chi connectivity index (χ3v) is 4.21. The summed E-state index contributed by atoms with van der Waals surface area (Å²) in [7, 11) is 0. The molecule has 1 aromatic carbocycles. The van der Waals surface area contributed by atoms with Crippen molar-refractivity contribution in [1.29, 1.82) is 0 Å². The van der Waals surface area contributed by atoms with E-state index in [1.165, 1.54) is 18.7 Å². The molecule has 1 amide bonds. The Morgan fingerprint density at radius 2 is 1.78 bits per heavy atom. The quantitative estimate of drug-likeness (QED) is 0.421. The predicted molar refractivity (Wildman–Crippen MR) is 104 cm³/mol. The van der Waals surface area contributed by atoms with E-state index in [-0.39, 0.29) is 5.75 Å². The largest absolute Gasteiger partial charge is 0.494 e. The average Bonchev–Trinajstić information content (AvgIpc) is 2.61. The van der Waals surface area contributed by atoms with Gasteiger partial charge in [0, 0.05) is 17.1 Å². The minimum absolute atomic E-state index is 0.0313. The smallest absolute Gasteiger partial charge is 0.317 e. The molecule has 0 aliphatic carbocycles. The molecule has 1 aromatic heterocycles.